The third kappa shape index (κ3) is 2.44. The molecule has 3 nitrogen and oxygen atoms in total. The third-order valence-electron chi connectivity index (χ3n) is 3.00. The van der Waals surface area contributed by atoms with Crippen LogP contribution in [0.5, 0.6) is 0 Å². The molecule has 3 rings (SSSR count). The maximum Gasteiger partial charge on any atom is 0.125 e. The lowest BCUT2D eigenvalue weighted by atomic mass is 10.2. The topological polar surface area (TPSA) is 30.7 Å². The smallest absolute Gasteiger partial charge is 0.125 e. The van der Waals surface area contributed by atoms with Crippen molar-refractivity contribution in [1.29, 1.82) is 0 Å². The first kappa shape index (κ1) is 12.5. The number of alkyl halides is 1. The normalized spacial score (nSPS) is 11.1. The molecule has 0 atom stereocenters. The molecular weight excluding hydrogens is 281 g/mol. The molecule has 19 heavy (non-hydrogen) atoms. The van der Waals surface area contributed by atoms with E-state index in [0.717, 1.165) is 34.0 Å². The number of imidazole rings is 1. The molecule has 0 spiro atoms. The minimum Gasteiger partial charge on any atom is -0.322 e. The Morgan fingerprint density at radius 2 is 1.89 bits per heavy atom. The van der Waals surface area contributed by atoms with Gasteiger partial charge in [-0.25, -0.2) is 4.98 Å². The second-order valence-electron chi connectivity index (χ2n) is 4.24. The first-order chi connectivity index (χ1) is 9.28. The van der Waals surface area contributed by atoms with E-state index in [2.05, 4.69) is 14.5 Å². The molecule has 5 heteroatoms. The van der Waals surface area contributed by atoms with Crippen molar-refractivity contribution in [3.05, 3.63) is 59.1 Å². The van der Waals surface area contributed by atoms with Crippen LogP contribution >= 0.6 is 23.2 Å². The molecule has 2 heterocycles. The van der Waals surface area contributed by atoms with Gasteiger partial charge in [-0.15, -0.1) is 11.6 Å². The summed E-state index contributed by atoms with van der Waals surface area (Å²) in [6, 6.07) is 9.74. The molecule has 0 aliphatic heterocycles. The lowest BCUT2D eigenvalue weighted by Gasteiger charge is -2.07. The molecule has 0 N–H and O–H groups in total. The summed E-state index contributed by atoms with van der Waals surface area (Å²) in [4.78, 5) is 8.57. The van der Waals surface area contributed by atoms with Gasteiger partial charge < -0.3 is 4.57 Å². The Kier molecular flexibility index (Phi) is 3.40. The van der Waals surface area contributed by atoms with Crippen molar-refractivity contribution in [2.45, 2.75) is 12.4 Å². The molecule has 96 valence electrons. The molecule has 1 aromatic carbocycles. The highest BCUT2D eigenvalue weighted by molar-refractivity contribution is 6.30. The molecule has 0 saturated heterocycles. The van der Waals surface area contributed by atoms with Crippen molar-refractivity contribution in [1.82, 2.24) is 14.5 Å². The van der Waals surface area contributed by atoms with Crippen molar-refractivity contribution >= 4 is 34.2 Å². The Hall–Kier alpha value is -1.58. The highest BCUT2D eigenvalue weighted by Crippen LogP contribution is 2.19. The van der Waals surface area contributed by atoms with E-state index in [1.807, 2.05) is 30.3 Å². The lowest BCUT2D eigenvalue weighted by molar-refractivity contribution is 0.778. The van der Waals surface area contributed by atoms with Gasteiger partial charge in [-0.1, -0.05) is 23.7 Å². The van der Waals surface area contributed by atoms with E-state index < -0.39 is 0 Å². The molecule has 0 amide bonds. The second-order valence-corrected chi connectivity index (χ2v) is 4.94. The van der Waals surface area contributed by atoms with E-state index in [0.29, 0.717) is 5.88 Å². The Labute approximate surface area is 120 Å². The molecule has 0 saturated carbocycles. The maximum absolute atomic E-state index is 5.97. The molecule has 0 bridgehead atoms. The number of aromatic nitrogens is 3. The second kappa shape index (κ2) is 5.19. The largest absolute Gasteiger partial charge is 0.322 e. The summed E-state index contributed by atoms with van der Waals surface area (Å²) in [5.74, 6) is 1.22. The van der Waals surface area contributed by atoms with Gasteiger partial charge in [0, 0.05) is 17.8 Å². The fraction of sp³-hybridized carbons (Fsp3) is 0.143. The van der Waals surface area contributed by atoms with E-state index in [9.17, 15) is 0 Å². The Morgan fingerprint density at radius 3 is 2.63 bits per heavy atom. The molecule has 0 unspecified atom stereocenters. The van der Waals surface area contributed by atoms with Crippen molar-refractivity contribution in [2.75, 3.05) is 0 Å². The summed E-state index contributed by atoms with van der Waals surface area (Å²) in [5.41, 5.74) is 3.07. The first-order valence-electron chi connectivity index (χ1n) is 5.87. The number of hydrogen-bond acceptors (Lipinski definition) is 2. The zero-order valence-corrected chi connectivity index (χ0v) is 11.6. The summed E-state index contributed by atoms with van der Waals surface area (Å²) in [7, 11) is 0. The molecule has 2 aromatic heterocycles. The fourth-order valence-electron chi connectivity index (χ4n) is 2.08. The van der Waals surface area contributed by atoms with Gasteiger partial charge in [0.1, 0.15) is 11.3 Å². The highest BCUT2D eigenvalue weighted by Gasteiger charge is 2.10. The minimum atomic E-state index is 0.377. The van der Waals surface area contributed by atoms with Crippen molar-refractivity contribution in [2.24, 2.45) is 0 Å². The molecular formula is C14H11Cl2N3. The lowest BCUT2D eigenvalue weighted by Crippen LogP contribution is -2.03. The number of rotatable bonds is 3. The van der Waals surface area contributed by atoms with Crippen LogP contribution in [-0.4, -0.2) is 14.5 Å². The number of pyridine rings is 1. The van der Waals surface area contributed by atoms with Gasteiger partial charge in [0.2, 0.25) is 0 Å². The van der Waals surface area contributed by atoms with Gasteiger partial charge in [0.25, 0.3) is 0 Å². The zero-order chi connectivity index (χ0) is 13.2. The number of fused-ring (bicyclic) bond motifs is 1. The fourth-order valence-corrected chi connectivity index (χ4v) is 2.41. The Balaban J connectivity index is 2.06. The monoisotopic (exact) mass is 291 g/mol. The molecule has 0 aliphatic rings. The van der Waals surface area contributed by atoms with Crippen LogP contribution in [0.2, 0.25) is 5.02 Å². The van der Waals surface area contributed by atoms with Crippen LogP contribution in [0.4, 0.5) is 0 Å². The van der Waals surface area contributed by atoms with Crippen LogP contribution in [-0.2, 0) is 12.4 Å². The van der Waals surface area contributed by atoms with Gasteiger partial charge in [-0.3, -0.25) is 4.98 Å². The Morgan fingerprint density at radius 1 is 1.11 bits per heavy atom. The quantitative estimate of drug-likeness (QED) is 0.686. The van der Waals surface area contributed by atoms with Crippen molar-refractivity contribution in [3.8, 4) is 0 Å². The van der Waals surface area contributed by atoms with E-state index in [1.165, 1.54) is 0 Å². The van der Waals surface area contributed by atoms with Crippen LogP contribution in [0.15, 0.2) is 42.7 Å². The zero-order valence-electron chi connectivity index (χ0n) is 10.1. The predicted molar refractivity (Wildman–Crippen MR) is 77.6 cm³/mol. The van der Waals surface area contributed by atoms with Crippen LogP contribution in [0, 0.1) is 0 Å². The summed E-state index contributed by atoms with van der Waals surface area (Å²) in [5, 5.41) is 0.737. The number of benzene rings is 1. The van der Waals surface area contributed by atoms with Crippen molar-refractivity contribution < 1.29 is 0 Å². The molecule has 0 aliphatic carbocycles. The van der Waals surface area contributed by atoms with Crippen LogP contribution in [0.25, 0.3) is 11.0 Å². The Bertz CT molecular complexity index is 704. The maximum atomic E-state index is 5.97. The third-order valence-corrected chi connectivity index (χ3v) is 3.49. The van der Waals surface area contributed by atoms with Gasteiger partial charge >= 0.3 is 0 Å². The van der Waals surface area contributed by atoms with E-state index in [1.54, 1.807) is 12.4 Å². The van der Waals surface area contributed by atoms with E-state index in [4.69, 9.17) is 23.2 Å². The summed E-state index contributed by atoms with van der Waals surface area (Å²) >= 11 is 11.9. The number of hydrogen-bond donors (Lipinski definition) is 0. The van der Waals surface area contributed by atoms with Gasteiger partial charge in [0.05, 0.1) is 17.6 Å². The average molecular weight is 292 g/mol. The van der Waals surface area contributed by atoms with Gasteiger partial charge in [-0.05, 0) is 23.8 Å². The van der Waals surface area contributed by atoms with Crippen LogP contribution in [0.1, 0.15) is 11.4 Å². The SMILES string of the molecule is ClCc1nc2cnccc2n1Cc1ccc(Cl)cc1. The number of halogens is 2. The standard InChI is InChI=1S/C14H11Cl2N3/c15-7-14-18-12-8-17-6-5-13(12)19(14)9-10-1-3-11(16)4-2-10/h1-6,8H,7,9H2. The minimum absolute atomic E-state index is 0.377. The van der Waals surface area contributed by atoms with Gasteiger partial charge in [-0.2, -0.15) is 0 Å². The molecule has 3 aromatic rings. The summed E-state index contributed by atoms with van der Waals surface area (Å²) in [6.45, 7) is 0.722. The number of nitrogens with zero attached hydrogens (tertiary/aromatic N) is 3. The van der Waals surface area contributed by atoms with Gasteiger partial charge in [0.15, 0.2) is 0 Å². The molecule has 0 radical (unpaired) electrons. The predicted octanol–water partition coefficient (Wildman–Crippen LogP) is 3.87. The highest BCUT2D eigenvalue weighted by atomic mass is 35.5. The summed E-state index contributed by atoms with van der Waals surface area (Å²) in [6.07, 6.45) is 3.52. The summed E-state index contributed by atoms with van der Waals surface area (Å²) < 4.78 is 2.10. The average Bonchev–Trinajstić information content (AvgIpc) is 2.79. The van der Waals surface area contributed by atoms with E-state index >= 15 is 0 Å². The molecule has 0 fully saturated rings. The van der Waals surface area contributed by atoms with E-state index in [-0.39, 0.29) is 0 Å². The van der Waals surface area contributed by atoms with Crippen molar-refractivity contribution in [3.63, 3.8) is 0 Å². The first-order valence-corrected chi connectivity index (χ1v) is 6.78. The van der Waals surface area contributed by atoms with Crippen LogP contribution in [0.3, 0.4) is 0 Å². The van der Waals surface area contributed by atoms with Crippen LogP contribution < -0.4 is 0 Å².